The third kappa shape index (κ3) is 3.07. The van der Waals surface area contributed by atoms with Gasteiger partial charge in [0.2, 0.25) is 0 Å². The fourth-order valence-corrected chi connectivity index (χ4v) is 2.33. The first kappa shape index (κ1) is 12.6. The second-order valence-corrected chi connectivity index (χ2v) is 4.79. The SMILES string of the molecule is Cc1cc(C(=O)O)cc(Sc2ccc(F)cc2)n1. The standard InChI is InChI=1S/C13H10FNO2S/c1-8-6-9(13(16)17)7-12(15-8)18-11-4-2-10(14)3-5-11/h2-7H,1H3,(H,16,17). The van der Waals surface area contributed by atoms with Gasteiger partial charge in [0.15, 0.2) is 0 Å². The molecule has 92 valence electrons. The summed E-state index contributed by atoms with van der Waals surface area (Å²) in [6.45, 7) is 1.74. The first-order valence-electron chi connectivity index (χ1n) is 5.20. The van der Waals surface area contributed by atoms with Gasteiger partial charge >= 0.3 is 5.97 Å². The number of hydrogen-bond acceptors (Lipinski definition) is 3. The lowest BCUT2D eigenvalue weighted by molar-refractivity contribution is 0.0696. The number of pyridine rings is 1. The largest absolute Gasteiger partial charge is 0.478 e. The van der Waals surface area contributed by atoms with Crippen molar-refractivity contribution < 1.29 is 14.3 Å². The number of aromatic carboxylic acids is 1. The number of rotatable bonds is 3. The number of carboxylic acids is 1. The van der Waals surface area contributed by atoms with E-state index in [2.05, 4.69) is 4.98 Å². The first-order chi connectivity index (χ1) is 8.54. The average molecular weight is 263 g/mol. The van der Waals surface area contributed by atoms with Crippen LogP contribution in [0.15, 0.2) is 46.3 Å². The normalized spacial score (nSPS) is 10.3. The van der Waals surface area contributed by atoms with Crippen molar-refractivity contribution >= 4 is 17.7 Å². The van der Waals surface area contributed by atoms with E-state index >= 15 is 0 Å². The van der Waals surface area contributed by atoms with Gasteiger partial charge in [0.1, 0.15) is 10.8 Å². The zero-order chi connectivity index (χ0) is 13.1. The van der Waals surface area contributed by atoms with Crippen LogP contribution in [0, 0.1) is 12.7 Å². The van der Waals surface area contributed by atoms with Crippen LogP contribution in [0.25, 0.3) is 0 Å². The van der Waals surface area contributed by atoms with Gasteiger partial charge in [-0.15, -0.1) is 0 Å². The molecule has 18 heavy (non-hydrogen) atoms. The predicted octanol–water partition coefficient (Wildman–Crippen LogP) is 3.38. The smallest absolute Gasteiger partial charge is 0.335 e. The van der Waals surface area contributed by atoms with Crippen LogP contribution in [0.5, 0.6) is 0 Å². The highest BCUT2D eigenvalue weighted by Gasteiger charge is 2.07. The Bertz CT molecular complexity index is 584. The summed E-state index contributed by atoms with van der Waals surface area (Å²) in [4.78, 5) is 16.0. The Kier molecular flexibility index (Phi) is 3.62. The monoisotopic (exact) mass is 263 g/mol. The van der Waals surface area contributed by atoms with Crippen molar-refractivity contribution in [2.45, 2.75) is 16.8 Å². The van der Waals surface area contributed by atoms with E-state index in [4.69, 9.17) is 5.11 Å². The topological polar surface area (TPSA) is 50.2 Å². The lowest BCUT2D eigenvalue weighted by atomic mass is 10.2. The molecule has 0 fully saturated rings. The Morgan fingerprint density at radius 1 is 1.28 bits per heavy atom. The quantitative estimate of drug-likeness (QED) is 0.922. The van der Waals surface area contributed by atoms with Crippen LogP contribution in [0.4, 0.5) is 4.39 Å². The summed E-state index contributed by atoms with van der Waals surface area (Å²) < 4.78 is 12.8. The number of halogens is 1. The maximum Gasteiger partial charge on any atom is 0.335 e. The van der Waals surface area contributed by atoms with Gasteiger partial charge in [0.25, 0.3) is 0 Å². The number of hydrogen-bond donors (Lipinski definition) is 1. The molecule has 1 heterocycles. The van der Waals surface area contributed by atoms with E-state index < -0.39 is 5.97 Å². The number of aromatic nitrogens is 1. The Morgan fingerprint density at radius 2 is 1.94 bits per heavy atom. The molecule has 0 saturated carbocycles. The van der Waals surface area contributed by atoms with E-state index in [0.29, 0.717) is 10.7 Å². The summed E-state index contributed by atoms with van der Waals surface area (Å²) in [7, 11) is 0. The van der Waals surface area contributed by atoms with Crippen molar-refractivity contribution in [3.63, 3.8) is 0 Å². The fourth-order valence-electron chi connectivity index (χ4n) is 1.44. The highest BCUT2D eigenvalue weighted by atomic mass is 32.2. The molecule has 5 heteroatoms. The number of nitrogens with zero attached hydrogens (tertiary/aromatic N) is 1. The summed E-state index contributed by atoms with van der Waals surface area (Å²) in [6.07, 6.45) is 0. The lowest BCUT2D eigenvalue weighted by Gasteiger charge is -2.04. The Hall–Kier alpha value is -1.88. The summed E-state index contributed by atoms with van der Waals surface area (Å²) in [5, 5.41) is 9.53. The molecule has 2 rings (SSSR count). The summed E-state index contributed by atoms with van der Waals surface area (Å²) in [5.74, 6) is -1.29. The van der Waals surface area contributed by atoms with E-state index in [-0.39, 0.29) is 11.4 Å². The molecular formula is C13H10FNO2S. The van der Waals surface area contributed by atoms with E-state index in [0.717, 1.165) is 4.90 Å². The molecule has 0 aliphatic carbocycles. The van der Waals surface area contributed by atoms with Crippen molar-refractivity contribution in [1.82, 2.24) is 4.98 Å². The summed E-state index contributed by atoms with van der Waals surface area (Å²) in [6, 6.07) is 8.99. The van der Waals surface area contributed by atoms with Crippen LogP contribution < -0.4 is 0 Å². The van der Waals surface area contributed by atoms with Gasteiger partial charge in [-0.05, 0) is 43.3 Å². The van der Waals surface area contributed by atoms with Crippen molar-refractivity contribution in [2.24, 2.45) is 0 Å². The molecule has 2 aromatic rings. The molecule has 1 N–H and O–H groups in total. The molecule has 0 aliphatic heterocycles. The zero-order valence-corrected chi connectivity index (χ0v) is 10.4. The molecule has 0 bridgehead atoms. The van der Waals surface area contributed by atoms with Crippen LogP contribution >= 0.6 is 11.8 Å². The van der Waals surface area contributed by atoms with Crippen molar-refractivity contribution in [3.8, 4) is 0 Å². The van der Waals surface area contributed by atoms with E-state index in [1.165, 1.54) is 36.0 Å². The van der Waals surface area contributed by atoms with Gasteiger partial charge < -0.3 is 5.11 Å². The lowest BCUT2D eigenvalue weighted by Crippen LogP contribution is -1.98. The highest BCUT2D eigenvalue weighted by Crippen LogP contribution is 2.27. The van der Waals surface area contributed by atoms with Gasteiger partial charge in [-0.1, -0.05) is 11.8 Å². The molecule has 0 atom stereocenters. The van der Waals surface area contributed by atoms with Crippen molar-refractivity contribution in [2.75, 3.05) is 0 Å². The maximum absolute atomic E-state index is 12.8. The molecule has 1 aromatic heterocycles. The molecule has 0 unspecified atom stereocenters. The molecule has 0 saturated heterocycles. The minimum absolute atomic E-state index is 0.201. The molecule has 0 amide bonds. The highest BCUT2D eigenvalue weighted by molar-refractivity contribution is 7.99. The summed E-state index contributed by atoms with van der Waals surface area (Å²) in [5.41, 5.74) is 0.839. The fraction of sp³-hybridized carbons (Fsp3) is 0.0769. The van der Waals surface area contributed by atoms with Gasteiger partial charge in [0, 0.05) is 10.6 Å². The number of carbonyl (C=O) groups is 1. The van der Waals surface area contributed by atoms with E-state index in [9.17, 15) is 9.18 Å². The van der Waals surface area contributed by atoms with E-state index in [1.54, 1.807) is 19.1 Å². The molecule has 0 radical (unpaired) electrons. The third-order valence-corrected chi connectivity index (χ3v) is 3.14. The second-order valence-electron chi connectivity index (χ2n) is 3.70. The summed E-state index contributed by atoms with van der Waals surface area (Å²) >= 11 is 1.30. The van der Waals surface area contributed by atoms with Gasteiger partial charge in [0.05, 0.1) is 5.56 Å². The van der Waals surface area contributed by atoms with Crippen LogP contribution in [-0.4, -0.2) is 16.1 Å². The van der Waals surface area contributed by atoms with Crippen LogP contribution in [0.1, 0.15) is 16.1 Å². The minimum atomic E-state index is -0.985. The Labute approximate surface area is 108 Å². The van der Waals surface area contributed by atoms with Crippen LogP contribution in [0.3, 0.4) is 0 Å². The number of aryl methyl sites for hydroxylation is 1. The minimum Gasteiger partial charge on any atom is -0.478 e. The molecule has 0 aliphatic rings. The van der Waals surface area contributed by atoms with Crippen LogP contribution in [-0.2, 0) is 0 Å². The zero-order valence-electron chi connectivity index (χ0n) is 9.55. The molecule has 3 nitrogen and oxygen atoms in total. The number of carboxylic acid groups (broad SMARTS) is 1. The molecule has 1 aromatic carbocycles. The van der Waals surface area contributed by atoms with Crippen LogP contribution in [0.2, 0.25) is 0 Å². The maximum atomic E-state index is 12.8. The van der Waals surface area contributed by atoms with Crippen molar-refractivity contribution in [3.05, 3.63) is 53.5 Å². The van der Waals surface area contributed by atoms with E-state index in [1.807, 2.05) is 0 Å². The van der Waals surface area contributed by atoms with Gasteiger partial charge in [-0.2, -0.15) is 0 Å². The second kappa shape index (κ2) is 5.18. The van der Waals surface area contributed by atoms with Gasteiger partial charge in [-0.3, -0.25) is 0 Å². The Morgan fingerprint density at radius 3 is 2.56 bits per heavy atom. The van der Waals surface area contributed by atoms with Crippen molar-refractivity contribution in [1.29, 1.82) is 0 Å². The first-order valence-corrected chi connectivity index (χ1v) is 6.01. The predicted molar refractivity (Wildman–Crippen MR) is 66.5 cm³/mol. The molecular weight excluding hydrogens is 253 g/mol. The third-order valence-electron chi connectivity index (χ3n) is 2.21. The average Bonchev–Trinajstić information content (AvgIpc) is 2.31. The number of benzene rings is 1. The van der Waals surface area contributed by atoms with Gasteiger partial charge in [-0.25, -0.2) is 14.2 Å². The Balaban J connectivity index is 2.28. The molecule has 0 spiro atoms.